The van der Waals surface area contributed by atoms with Crippen LogP contribution in [0.15, 0.2) is 18.2 Å². The van der Waals surface area contributed by atoms with Crippen LogP contribution < -0.4 is 4.74 Å². The number of fused-ring (bicyclic) bond motifs is 1. The molecule has 16 heavy (non-hydrogen) atoms. The highest BCUT2D eigenvalue weighted by molar-refractivity contribution is 5.59. The molecule has 1 aromatic heterocycles. The summed E-state index contributed by atoms with van der Waals surface area (Å²) < 4.78 is 5.65. The maximum atomic E-state index is 5.65. The molecule has 82 valence electrons. The molecule has 0 spiro atoms. The molecule has 0 radical (unpaired) electrons. The molecule has 4 heteroatoms. The highest BCUT2D eigenvalue weighted by Gasteiger charge is 2.19. The molecule has 1 aliphatic rings. The zero-order valence-corrected chi connectivity index (χ0v) is 9.32. The predicted octanol–water partition coefficient (Wildman–Crippen LogP) is 2.10. The maximum absolute atomic E-state index is 5.65. The van der Waals surface area contributed by atoms with Crippen LogP contribution in [0.4, 0.5) is 0 Å². The van der Waals surface area contributed by atoms with Gasteiger partial charge in [0.1, 0.15) is 17.7 Å². The van der Waals surface area contributed by atoms with Crippen molar-refractivity contribution in [2.75, 3.05) is 0 Å². The Morgan fingerprint density at radius 1 is 1.44 bits per heavy atom. The fourth-order valence-corrected chi connectivity index (χ4v) is 2.03. The zero-order valence-electron chi connectivity index (χ0n) is 9.32. The van der Waals surface area contributed by atoms with E-state index < -0.39 is 0 Å². The lowest BCUT2D eigenvalue weighted by Gasteiger charge is -2.02. The van der Waals surface area contributed by atoms with E-state index in [1.54, 1.807) is 0 Å². The van der Waals surface area contributed by atoms with Gasteiger partial charge in [0.2, 0.25) is 0 Å². The van der Waals surface area contributed by atoms with Gasteiger partial charge in [-0.1, -0.05) is 0 Å². The summed E-state index contributed by atoms with van der Waals surface area (Å²) in [6, 6.07) is 6.11. The smallest absolute Gasteiger partial charge is 0.181 e. The fraction of sp³-hybridized carbons (Fsp3) is 0.333. The molecule has 1 atom stereocenters. The SMILES string of the molecule is Cc1nc(-c2ccc3c(c2)C[C@@H](C)O3)n[nH]1. The van der Waals surface area contributed by atoms with Crippen molar-refractivity contribution in [3.63, 3.8) is 0 Å². The molecule has 0 fully saturated rings. The highest BCUT2D eigenvalue weighted by Crippen LogP contribution is 2.31. The van der Waals surface area contributed by atoms with Crippen LogP contribution in [0, 0.1) is 6.92 Å². The predicted molar refractivity (Wildman–Crippen MR) is 60.3 cm³/mol. The normalized spacial score (nSPS) is 18.2. The third kappa shape index (κ3) is 1.46. The highest BCUT2D eigenvalue weighted by atomic mass is 16.5. The Labute approximate surface area is 93.7 Å². The van der Waals surface area contributed by atoms with E-state index in [1.807, 2.05) is 19.1 Å². The van der Waals surface area contributed by atoms with Crippen LogP contribution in [-0.2, 0) is 6.42 Å². The standard InChI is InChI=1S/C12H13N3O/c1-7-5-10-6-9(3-4-11(10)16-7)12-13-8(2)14-15-12/h3-4,6-7H,5H2,1-2H3,(H,13,14,15)/t7-/m1/s1. The Bertz CT molecular complexity index is 533. The van der Waals surface area contributed by atoms with Crippen LogP contribution in [0.3, 0.4) is 0 Å². The summed E-state index contributed by atoms with van der Waals surface area (Å²) in [7, 11) is 0. The average Bonchev–Trinajstić information content (AvgIpc) is 2.81. The monoisotopic (exact) mass is 215 g/mol. The van der Waals surface area contributed by atoms with Crippen molar-refractivity contribution >= 4 is 0 Å². The molecule has 1 aliphatic heterocycles. The third-order valence-electron chi connectivity index (χ3n) is 2.75. The van der Waals surface area contributed by atoms with Crippen molar-refractivity contribution in [2.45, 2.75) is 26.4 Å². The van der Waals surface area contributed by atoms with Gasteiger partial charge in [-0.15, -0.1) is 0 Å². The lowest BCUT2D eigenvalue weighted by atomic mass is 10.1. The van der Waals surface area contributed by atoms with E-state index in [-0.39, 0.29) is 6.10 Å². The number of aryl methyl sites for hydroxylation is 1. The first kappa shape index (κ1) is 9.39. The van der Waals surface area contributed by atoms with E-state index in [0.717, 1.165) is 29.4 Å². The van der Waals surface area contributed by atoms with E-state index in [4.69, 9.17) is 4.74 Å². The molecular weight excluding hydrogens is 202 g/mol. The van der Waals surface area contributed by atoms with Gasteiger partial charge < -0.3 is 4.74 Å². The first-order valence-corrected chi connectivity index (χ1v) is 5.41. The molecule has 2 aromatic rings. The maximum Gasteiger partial charge on any atom is 0.181 e. The number of benzene rings is 1. The third-order valence-corrected chi connectivity index (χ3v) is 2.75. The van der Waals surface area contributed by atoms with E-state index in [2.05, 4.69) is 28.2 Å². The molecule has 0 saturated carbocycles. The Hall–Kier alpha value is -1.84. The Balaban J connectivity index is 2.02. The van der Waals surface area contributed by atoms with E-state index in [1.165, 1.54) is 5.56 Å². The minimum atomic E-state index is 0.277. The quantitative estimate of drug-likeness (QED) is 0.792. The van der Waals surface area contributed by atoms with Gasteiger partial charge in [0, 0.05) is 12.0 Å². The van der Waals surface area contributed by atoms with Crippen LogP contribution in [0.1, 0.15) is 18.3 Å². The largest absolute Gasteiger partial charge is 0.490 e. The van der Waals surface area contributed by atoms with Gasteiger partial charge >= 0.3 is 0 Å². The second-order valence-corrected chi connectivity index (χ2v) is 4.20. The average molecular weight is 215 g/mol. The number of nitrogens with one attached hydrogen (secondary N) is 1. The Kier molecular flexibility index (Phi) is 1.96. The molecule has 0 unspecified atom stereocenters. The first-order chi connectivity index (χ1) is 7.72. The van der Waals surface area contributed by atoms with Gasteiger partial charge in [0.25, 0.3) is 0 Å². The zero-order chi connectivity index (χ0) is 11.1. The lowest BCUT2D eigenvalue weighted by Crippen LogP contribution is -2.05. The van der Waals surface area contributed by atoms with E-state index >= 15 is 0 Å². The topological polar surface area (TPSA) is 50.8 Å². The number of nitrogens with zero attached hydrogens (tertiary/aromatic N) is 2. The van der Waals surface area contributed by atoms with Crippen LogP contribution in [-0.4, -0.2) is 21.3 Å². The summed E-state index contributed by atoms with van der Waals surface area (Å²) in [5.74, 6) is 2.57. The number of ether oxygens (including phenoxy) is 1. The minimum absolute atomic E-state index is 0.277. The van der Waals surface area contributed by atoms with Crippen molar-refractivity contribution in [1.29, 1.82) is 0 Å². The number of aromatic nitrogens is 3. The number of rotatable bonds is 1. The van der Waals surface area contributed by atoms with E-state index in [9.17, 15) is 0 Å². The van der Waals surface area contributed by atoms with Crippen LogP contribution in [0.5, 0.6) is 5.75 Å². The summed E-state index contributed by atoms with van der Waals surface area (Å²) in [4.78, 5) is 4.32. The number of hydrogen-bond acceptors (Lipinski definition) is 3. The number of hydrogen-bond donors (Lipinski definition) is 1. The van der Waals surface area contributed by atoms with Crippen LogP contribution in [0.25, 0.3) is 11.4 Å². The van der Waals surface area contributed by atoms with Crippen molar-refractivity contribution in [3.05, 3.63) is 29.6 Å². The molecular formula is C12H13N3O. The molecule has 4 nitrogen and oxygen atoms in total. The van der Waals surface area contributed by atoms with Crippen molar-refractivity contribution in [3.8, 4) is 17.1 Å². The molecule has 2 heterocycles. The minimum Gasteiger partial charge on any atom is -0.490 e. The van der Waals surface area contributed by atoms with Crippen molar-refractivity contribution in [2.24, 2.45) is 0 Å². The lowest BCUT2D eigenvalue weighted by molar-refractivity contribution is 0.254. The first-order valence-electron chi connectivity index (χ1n) is 5.41. The molecule has 1 N–H and O–H groups in total. The second-order valence-electron chi connectivity index (χ2n) is 4.20. The van der Waals surface area contributed by atoms with E-state index in [0.29, 0.717) is 0 Å². The summed E-state index contributed by atoms with van der Waals surface area (Å²) in [6.07, 6.45) is 1.24. The second kappa shape index (κ2) is 3.33. The summed E-state index contributed by atoms with van der Waals surface area (Å²) in [5.41, 5.74) is 2.29. The summed E-state index contributed by atoms with van der Waals surface area (Å²) >= 11 is 0. The van der Waals surface area contributed by atoms with Gasteiger partial charge in [-0.3, -0.25) is 5.10 Å². The number of aromatic amines is 1. The fourth-order valence-electron chi connectivity index (χ4n) is 2.03. The Morgan fingerprint density at radius 3 is 3.06 bits per heavy atom. The molecule has 0 amide bonds. The molecule has 1 aromatic carbocycles. The van der Waals surface area contributed by atoms with Crippen LogP contribution in [0.2, 0.25) is 0 Å². The number of H-pyrrole nitrogens is 1. The van der Waals surface area contributed by atoms with Crippen molar-refractivity contribution < 1.29 is 4.74 Å². The van der Waals surface area contributed by atoms with Crippen LogP contribution >= 0.6 is 0 Å². The molecule has 0 aliphatic carbocycles. The summed E-state index contributed by atoms with van der Waals surface area (Å²) in [5, 5.41) is 7.00. The van der Waals surface area contributed by atoms with Gasteiger partial charge in [-0.25, -0.2) is 4.98 Å². The van der Waals surface area contributed by atoms with Gasteiger partial charge in [-0.05, 0) is 37.6 Å². The molecule has 0 saturated heterocycles. The Morgan fingerprint density at radius 2 is 2.31 bits per heavy atom. The van der Waals surface area contributed by atoms with Crippen molar-refractivity contribution in [1.82, 2.24) is 15.2 Å². The molecule has 3 rings (SSSR count). The van der Waals surface area contributed by atoms with Gasteiger partial charge in [0.05, 0.1) is 0 Å². The molecule has 0 bridgehead atoms. The van der Waals surface area contributed by atoms with Gasteiger partial charge in [-0.2, -0.15) is 5.10 Å². The summed E-state index contributed by atoms with van der Waals surface area (Å²) in [6.45, 7) is 3.98. The van der Waals surface area contributed by atoms with Gasteiger partial charge in [0.15, 0.2) is 5.82 Å².